The zero-order valence-electron chi connectivity index (χ0n) is 15.2. The monoisotopic (exact) mass is 486 g/mol. The SMILES string of the molecule is Bc1cc(N/C(=N\I)c2nonc2NCCNC(=N)NC(C)C)ccc1F. The maximum absolute atomic E-state index is 13.4. The van der Waals surface area contributed by atoms with Crippen molar-refractivity contribution in [3.63, 3.8) is 0 Å². The predicted octanol–water partition coefficient (Wildman–Crippen LogP) is 0.610. The summed E-state index contributed by atoms with van der Waals surface area (Å²) in [7, 11) is 1.69. The summed E-state index contributed by atoms with van der Waals surface area (Å²) >= 11 is 1.84. The number of guanidine groups is 1. The van der Waals surface area contributed by atoms with E-state index in [0.717, 1.165) is 0 Å². The molecular weight excluding hydrogens is 465 g/mol. The topological polar surface area (TPSA) is 123 Å². The predicted molar refractivity (Wildman–Crippen MR) is 116 cm³/mol. The quantitative estimate of drug-likeness (QED) is 0.128. The van der Waals surface area contributed by atoms with E-state index >= 15 is 0 Å². The van der Waals surface area contributed by atoms with E-state index < -0.39 is 0 Å². The second kappa shape index (κ2) is 10.1. The van der Waals surface area contributed by atoms with Crippen LogP contribution in [0.1, 0.15) is 19.5 Å². The van der Waals surface area contributed by atoms with Gasteiger partial charge in [0.1, 0.15) is 13.7 Å². The highest BCUT2D eigenvalue weighted by atomic mass is 127. The van der Waals surface area contributed by atoms with Crippen LogP contribution in [0.2, 0.25) is 0 Å². The number of hydrogen-bond acceptors (Lipinski definition) is 6. The molecule has 0 fully saturated rings. The van der Waals surface area contributed by atoms with Gasteiger partial charge >= 0.3 is 0 Å². The van der Waals surface area contributed by atoms with Crippen LogP contribution >= 0.6 is 22.9 Å². The lowest BCUT2D eigenvalue weighted by molar-refractivity contribution is 0.308. The lowest BCUT2D eigenvalue weighted by Crippen LogP contribution is -2.41. The summed E-state index contributed by atoms with van der Waals surface area (Å²) < 4.78 is 22.4. The van der Waals surface area contributed by atoms with Crippen LogP contribution < -0.4 is 26.7 Å². The van der Waals surface area contributed by atoms with Gasteiger partial charge in [-0.1, -0.05) is 5.46 Å². The van der Waals surface area contributed by atoms with Crippen molar-refractivity contribution in [3.05, 3.63) is 29.7 Å². The van der Waals surface area contributed by atoms with E-state index in [1.807, 2.05) is 36.7 Å². The molecule has 0 aliphatic carbocycles. The van der Waals surface area contributed by atoms with Crippen molar-refractivity contribution in [2.45, 2.75) is 19.9 Å². The molecule has 0 unspecified atom stereocenters. The first-order chi connectivity index (χ1) is 12.9. The Morgan fingerprint density at radius 1 is 1.37 bits per heavy atom. The number of aromatic nitrogens is 2. The molecule has 1 aromatic heterocycles. The number of anilines is 2. The third kappa shape index (κ3) is 6.38. The summed E-state index contributed by atoms with van der Waals surface area (Å²) in [5.41, 5.74) is 1.60. The molecule has 0 atom stereocenters. The number of nitrogens with one attached hydrogen (secondary N) is 5. The number of amidine groups is 1. The third-order valence-corrected chi connectivity index (χ3v) is 3.85. The Bertz CT molecular complexity index is 813. The molecule has 0 spiro atoms. The van der Waals surface area contributed by atoms with Crippen LogP contribution in [-0.4, -0.2) is 49.1 Å². The summed E-state index contributed by atoms with van der Waals surface area (Å²) in [5.74, 6) is 0.826. The van der Waals surface area contributed by atoms with Crippen LogP contribution in [0.25, 0.3) is 0 Å². The molecule has 0 aliphatic rings. The van der Waals surface area contributed by atoms with E-state index in [4.69, 9.17) is 10.0 Å². The molecule has 27 heavy (non-hydrogen) atoms. The lowest BCUT2D eigenvalue weighted by atomic mass is 9.95. The minimum absolute atomic E-state index is 0.188. The van der Waals surface area contributed by atoms with Crippen molar-refractivity contribution < 1.29 is 9.02 Å². The Labute approximate surface area is 171 Å². The maximum Gasteiger partial charge on any atom is 0.202 e. The zero-order valence-corrected chi connectivity index (χ0v) is 17.4. The van der Waals surface area contributed by atoms with Gasteiger partial charge in [0.05, 0.1) is 22.9 Å². The highest BCUT2D eigenvalue weighted by molar-refractivity contribution is 14.1. The van der Waals surface area contributed by atoms with Crippen LogP contribution in [0, 0.1) is 11.2 Å². The fraction of sp³-hybridized carbons (Fsp3) is 0.333. The molecule has 2 aromatic rings. The summed E-state index contributed by atoms with van der Waals surface area (Å²) in [6, 6.07) is 4.86. The first kappa shape index (κ1) is 20.9. The van der Waals surface area contributed by atoms with E-state index in [1.165, 1.54) is 6.07 Å². The van der Waals surface area contributed by atoms with Crippen molar-refractivity contribution in [2.75, 3.05) is 23.7 Å². The zero-order chi connectivity index (χ0) is 19.8. The Balaban J connectivity index is 1.95. The van der Waals surface area contributed by atoms with Crippen LogP contribution in [0.3, 0.4) is 0 Å². The maximum atomic E-state index is 13.4. The molecule has 1 heterocycles. The first-order valence-electron chi connectivity index (χ1n) is 8.28. The van der Waals surface area contributed by atoms with Gasteiger partial charge in [-0.15, -0.1) is 0 Å². The first-order valence-corrected chi connectivity index (χ1v) is 9.25. The van der Waals surface area contributed by atoms with Gasteiger partial charge in [0.15, 0.2) is 17.5 Å². The van der Waals surface area contributed by atoms with Gasteiger partial charge in [0.2, 0.25) is 5.82 Å². The Hall–Kier alpha value is -2.38. The van der Waals surface area contributed by atoms with E-state index in [0.29, 0.717) is 41.6 Å². The van der Waals surface area contributed by atoms with Gasteiger partial charge in [0.25, 0.3) is 0 Å². The van der Waals surface area contributed by atoms with E-state index in [9.17, 15) is 4.39 Å². The molecule has 5 N–H and O–H groups in total. The highest BCUT2D eigenvalue weighted by Gasteiger charge is 2.17. The van der Waals surface area contributed by atoms with Gasteiger partial charge in [-0.2, -0.15) is 3.21 Å². The lowest BCUT2D eigenvalue weighted by Gasteiger charge is -2.13. The molecule has 0 amide bonds. The molecule has 0 radical (unpaired) electrons. The van der Waals surface area contributed by atoms with Gasteiger partial charge in [-0.05, 0) is 42.4 Å². The number of hydrogen-bond donors (Lipinski definition) is 5. The van der Waals surface area contributed by atoms with Crippen LogP contribution in [0.5, 0.6) is 0 Å². The number of rotatable bonds is 7. The third-order valence-electron chi connectivity index (χ3n) is 3.37. The fourth-order valence-corrected chi connectivity index (χ4v) is 2.50. The molecule has 1 aromatic carbocycles. The number of halogens is 2. The summed E-state index contributed by atoms with van der Waals surface area (Å²) in [6.07, 6.45) is 0. The van der Waals surface area contributed by atoms with Crippen molar-refractivity contribution in [2.24, 2.45) is 3.21 Å². The Morgan fingerprint density at radius 2 is 2.15 bits per heavy atom. The Morgan fingerprint density at radius 3 is 2.81 bits per heavy atom. The molecule has 0 bridgehead atoms. The minimum Gasteiger partial charge on any atom is -0.363 e. The smallest absolute Gasteiger partial charge is 0.202 e. The van der Waals surface area contributed by atoms with Gasteiger partial charge < -0.3 is 21.3 Å². The number of benzene rings is 1. The molecule has 0 saturated heterocycles. The summed E-state index contributed by atoms with van der Waals surface area (Å²) in [5, 5.41) is 27.5. The van der Waals surface area contributed by atoms with Crippen LogP contribution in [-0.2, 0) is 0 Å². The highest BCUT2D eigenvalue weighted by Crippen LogP contribution is 2.15. The second-order valence-electron chi connectivity index (χ2n) is 6.01. The summed E-state index contributed by atoms with van der Waals surface area (Å²) in [4.78, 5) is 0. The van der Waals surface area contributed by atoms with E-state index in [-0.39, 0.29) is 17.8 Å². The molecule has 12 heteroatoms. The van der Waals surface area contributed by atoms with Gasteiger partial charge in [-0.25, -0.2) is 9.02 Å². The van der Waals surface area contributed by atoms with Crippen molar-refractivity contribution in [1.82, 2.24) is 20.9 Å². The normalized spacial score (nSPS) is 11.4. The number of nitrogens with zero attached hydrogens (tertiary/aromatic N) is 3. The van der Waals surface area contributed by atoms with Crippen molar-refractivity contribution >= 4 is 59.5 Å². The summed E-state index contributed by atoms with van der Waals surface area (Å²) in [6.45, 7) is 4.92. The minimum atomic E-state index is -0.274. The van der Waals surface area contributed by atoms with Gasteiger partial charge in [0, 0.05) is 24.8 Å². The van der Waals surface area contributed by atoms with Crippen molar-refractivity contribution in [3.8, 4) is 0 Å². The molecule has 9 nitrogen and oxygen atoms in total. The largest absolute Gasteiger partial charge is 0.363 e. The standard InChI is InChI=1S/C15H21BFIN8O/c1-8(2)22-15(19)21-6-5-20-13-12(25-27-26-13)14(24-18)23-9-3-4-11(17)10(16)7-9/h3-4,7-8H,5-6,16H2,1-2H3,(H,20,26)(H,23,24)(H3,19,21,22). The van der Waals surface area contributed by atoms with Crippen molar-refractivity contribution in [1.29, 1.82) is 5.41 Å². The molecule has 0 saturated carbocycles. The second-order valence-corrected chi connectivity index (χ2v) is 6.49. The Kier molecular flexibility index (Phi) is 7.82. The van der Waals surface area contributed by atoms with E-state index in [1.54, 1.807) is 20.0 Å². The van der Waals surface area contributed by atoms with Gasteiger partial charge in [-0.3, -0.25) is 5.41 Å². The average molecular weight is 486 g/mol. The fourth-order valence-electron chi connectivity index (χ4n) is 2.15. The molecule has 144 valence electrons. The average Bonchev–Trinajstić information content (AvgIpc) is 3.07. The van der Waals surface area contributed by atoms with Crippen LogP contribution in [0.4, 0.5) is 15.9 Å². The molecule has 0 aliphatic heterocycles. The van der Waals surface area contributed by atoms with E-state index in [2.05, 4.69) is 34.8 Å². The van der Waals surface area contributed by atoms with Crippen LogP contribution in [0.15, 0.2) is 26.0 Å². The molecule has 2 rings (SSSR count). The molecular formula is C15H21BFIN8O.